The topological polar surface area (TPSA) is 28.2 Å². The molecule has 84 valence electrons. The van der Waals surface area contributed by atoms with Crippen molar-refractivity contribution in [3.8, 4) is 0 Å². The number of nitrogens with one attached hydrogen (secondary N) is 1. The first-order chi connectivity index (χ1) is 7.16. The zero-order chi connectivity index (χ0) is 10.8. The molecule has 2 rings (SSSR count). The number of rotatable bonds is 2. The third-order valence-corrected chi connectivity index (χ3v) is 4.07. The van der Waals surface area contributed by atoms with Gasteiger partial charge >= 0.3 is 0 Å². The molecule has 3 nitrogen and oxygen atoms in total. The van der Waals surface area contributed by atoms with Crippen LogP contribution >= 0.6 is 11.3 Å². The Morgan fingerprint density at radius 3 is 3.07 bits per heavy atom. The van der Waals surface area contributed by atoms with E-state index >= 15 is 0 Å². The van der Waals surface area contributed by atoms with Crippen molar-refractivity contribution >= 4 is 11.3 Å². The summed E-state index contributed by atoms with van der Waals surface area (Å²) < 4.78 is 0. The van der Waals surface area contributed by atoms with Gasteiger partial charge in [-0.25, -0.2) is 4.98 Å². The van der Waals surface area contributed by atoms with Crippen LogP contribution < -0.4 is 5.32 Å². The van der Waals surface area contributed by atoms with E-state index in [9.17, 15) is 0 Å². The fourth-order valence-electron chi connectivity index (χ4n) is 2.03. The number of aryl methyl sites for hydroxylation is 1. The SMILES string of the molecule is Cc1csc(C(C)N2CCNC(C)C2)n1. The molecule has 0 spiro atoms. The van der Waals surface area contributed by atoms with Crippen molar-refractivity contribution in [3.05, 3.63) is 16.1 Å². The fraction of sp³-hybridized carbons (Fsp3) is 0.727. The molecule has 1 N–H and O–H groups in total. The number of thiazole rings is 1. The van der Waals surface area contributed by atoms with Crippen LogP contribution in [0.2, 0.25) is 0 Å². The highest BCUT2D eigenvalue weighted by molar-refractivity contribution is 7.09. The predicted octanol–water partition coefficient (Wildman–Crippen LogP) is 1.81. The van der Waals surface area contributed by atoms with Crippen LogP contribution in [-0.4, -0.2) is 35.6 Å². The molecule has 0 saturated carbocycles. The maximum Gasteiger partial charge on any atom is 0.110 e. The first-order valence-corrected chi connectivity index (χ1v) is 6.44. The van der Waals surface area contributed by atoms with Crippen LogP contribution in [0.3, 0.4) is 0 Å². The van der Waals surface area contributed by atoms with Gasteiger partial charge in [0.1, 0.15) is 5.01 Å². The Labute approximate surface area is 95.5 Å². The minimum absolute atomic E-state index is 0.466. The molecule has 1 aromatic heterocycles. The number of hydrogen-bond acceptors (Lipinski definition) is 4. The van der Waals surface area contributed by atoms with Gasteiger partial charge in [0.2, 0.25) is 0 Å². The minimum Gasteiger partial charge on any atom is -0.312 e. The highest BCUT2D eigenvalue weighted by Gasteiger charge is 2.23. The lowest BCUT2D eigenvalue weighted by Crippen LogP contribution is -2.49. The van der Waals surface area contributed by atoms with E-state index in [0.29, 0.717) is 12.1 Å². The van der Waals surface area contributed by atoms with Crippen LogP contribution in [0.5, 0.6) is 0 Å². The molecule has 2 heterocycles. The van der Waals surface area contributed by atoms with Gasteiger partial charge in [0, 0.05) is 36.8 Å². The first-order valence-electron chi connectivity index (χ1n) is 5.56. The van der Waals surface area contributed by atoms with Gasteiger partial charge in [-0.15, -0.1) is 11.3 Å². The smallest absolute Gasteiger partial charge is 0.110 e. The standard InChI is InChI=1S/C11H19N3S/c1-8-6-14(5-4-12-8)10(3)11-13-9(2)7-15-11/h7-8,10,12H,4-6H2,1-3H3. The van der Waals surface area contributed by atoms with Gasteiger partial charge in [0.05, 0.1) is 6.04 Å². The summed E-state index contributed by atoms with van der Waals surface area (Å²) in [4.78, 5) is 7.08. The summed E-state index contributed by atoms with van der Waals surface area (Å²) in [6.45, 7) is 9.91. The van der Waals surface area contributed by atoms with Crippen LogP contribution in [0.4, 0.5) is 0 Å². The largest absolute Gasteiger partial charge is 0.312 e. The maximum absolute atomic E-state index is 4.57. The Hall–Kier alpha value is -0.450. The summed E-state index contributed by atoms with van der Waals surface area (Å²) >= 11 is 1.78. The second-order valence-corrected chi connectivity index (χ2v) is 5.24. The quantitative estimate of drug-likeness (QED) is 0.832. The van der Waals surface area contributed by atoms with E-state index in [0.717, 1.165) is 25.3 Å². The molecule has 1 saturated heterocycles. The summed E-state index contributed by atoms with van der Waals surface area (Å²) in [7, 11) is 0. The van der Waals surface area contributed by atoms with Crippen molar-refractivity contribution in [1.29, 1.82) is 0 Å². The van der Waals surface area contributed by atoms with Crippen molar-refractivity contribution in [2.75, 3.05) is 19.6 Å². The van der Waals surface area contributed by atoms with Gasteiger partial charge in [0.15, 0.2) is 0 Å². The van der Waals surface area contributed by atoms with Crippen LogP contribution in [-0.2, 0) is 0 Å². The molecule has 1 aromatic rings. The number of nitrogens with zero attached hydrogens (tertiary/aromatic N) is 2. The Kier molecular flexibility index (Phi) is 3.38. The molecule has 0 bridgehead atoms. The van der Waals surface area contributed by atoms with E-state index in [1.54, 1.807) is 11.3 Å². The maximum atomic E-state index is 4.57. The van der Waals surface area contributed by atoms with Crippen LogP contribution in [0.1, 0.15) is 30.6 Å². The average molecular weight is 225 g/mol. The van der Waals surface area contributed by atoms with E-state index in [4.69, 9.17) is 0 Å². The van der Waals surface area contributed by atoms with Gasteiger partial charge in [-0.05, 0) is 20.8 Å². The molecule has 0 radical (unpaired) electrons. The Balaban J connectivity index is 2.03. The van der Waals surface area contributed by atoms with Crippen LogP contribution in [0.15, 0.2) is 5.38 Å². The molecule has 1 aliphatic heterocycles. The molecule has 0 aliphatic carbocycles. The molecule has 4 heteroatoms. The van der Waals surface area contributed by atoms with Gasteiger partial charge in [-0.2, -0.15) is 0 Å². The Morgan fingerprint density at radius 1 is 1.67 bits per heavy atom. The molecule has 2 unspecified atom stereocenters. The van der Waals surface area contributed by atoms with Gasteiger partial charge in [0.25, 0.3) is 0 Å². The van der Waals surface area contributed by atoms with Crippen LogP contribution in [0.25, 0.3) is 0 Å². The summed E-state index contributed by atoms with van der Waals surface area (Å²) in [6.07, 6.45) is 0. The Bertz CT molecular complexity index is 323. The zero-order valence-corrected chi connectivity index (χ0v) is 10.5. The molecule has 15 heavy (non-hydrogen) atoms. The normalized spacial score (nSPS) is 25.4. The summed E-state index contributed by atoms with van der Waals surface area (Å²) in [5.41, 5.74) is 1.14. The first kappa shape index (κ1) is 11.0. The molecule has 0 aromatic carbocycles. The third kappa shape index (κ3) is 2.56. The highest BCUT2D eigenvalue weighted by atomic mass is 32.1. The van der Waals surface area contributed by atoms with E-state index in [2.05, 4.69) is 41.4 Å². The summed E-state index contributed by atoms with van der Waals surface area (Å²) in [5.74, 6) is 0. The van der Waals surface area contributed by atoms with E-state index in [1.165, 1.54) is 5.01 Å². The van der Waals surface area contributed by atoms with Crippen molar-refractivity contribution in [3.63, 3.8) is 0 Å². The molecule has 2 atom stereocenters. The molecule has 1 aliphatic rings. The Morgan fingerprint density at radius 2 is 2.47 bits per heavy atom. The second kappa shape index (κ2) is 4.60. The zero-order valence-electron chi connectivity index (χ0n) is 9.66. The molecular formula is C11H19N3S. The third-order valence-electron chi connectivity index (χ3n) is 2.94. The van der Waals surface area contributed by atoms with Crippen LogP contribution in [0, 0.1) is 6.92 Å². The lowest BCUT2D eigenvalue weighted by molar-refractivity contribution is 0.158. The van der Waals surface area contributed by atoms with Crippen molar-refractivity contribution in [2.24, 2.45) is 0 Å². The van der Waals surface area contributed by atoms with E-state index < -0.39 is 0 Å². The monoisotopic (exact) mass is 225 g/mol. The lowest BCUT2D eigenvalue weighted by Gasteiger charge is -2.35. The highest BCUT2D eigenvalue weighted by Crippen LogP contribution is 2.24. The molecule has 0 amide bonds. The predicted molar refractivity (Wildman–Crippen MR) is 64.3 cm³/mol. The summed E-state index contributed by atoms with van der Waals surface area (Å²) in [5, 5.41) is 6.85. The number of hydrogen-bond donors (Lipinski definition) is 1. The van der Waals surface area contributed by atoms with Gasteiger partial charge in [-0.3, -0.25) is 4.90 Å². The van der Waals surface area contributed by atoms with Crippen molar-refractivity contribution in [2.45, 2.75) is 32.9 Å². The summed E-state index contributed by atoms with van der Waals surface area (Å²) in [6, 6.07) is 1.07. The lowest BCUT2D eigenvalue weighted by atomic mass is 10.2. The second-order valence-electron chi connectivity index (χ2n) is 4.35. The van der Waals surface area contributed by atoms with Crippen molar-refractivity contribution in [1.82, 2.24) is 15.2 Å². The van der Waals surface area contributed by atoms with Crippen molar-refractivity contribution < 1.29 is 0 Å². The molecular weight excluding hydrogens is 206 g/mol. The van der Waals surface area contributed by atoms with E-state index in [1.807, 2.05) is 0 Å². The average Bonchev–Trinajstić information content (AvgIpc) is 2.64. The van der Waals surface area contributed by atoms with Gasteiger partial charge in [-0.1, -0.05) is 0 Å². The minimum atomic E-state index is 0.466. The fourth-order valence-corrected chi connectivity index (χ4v) is 2.92. The van der Waals surface area contributed by atoms with E-state index in [-0.39, 0.29) is 0 Å². The van der Waals surface area contributed by atoms with Gasteiger partial charge < -0.3 is 5.32 Å². The number of piperazine rings is 1. The number of aromatic nitrogens is 1. The molecule has 1 fully saturated rings.